The SMILES string of the molecule is COCCCNC(=O)c1nc(C(=O)NC(C)(C)C)c2ccccn12. The Balaban J connectivity index is 2.28. The molecule has 0 aromatic carbocycles. The van der Waals surface area contributed by atoms with Gasteiger partial charge in [0.15, 0.2) is 5.69 Å². The minimum Gasteiger partial charge on any atom is -0.385 e. The zero-order valence-corrected chi connectivity index (χ0v) is 14.5. The molecule has 2 aromatic heterocycles. The number of imidazole rings is 1. The van der Waals surface area contributed by atoms with Gasteiger partial charge in [-0.25, -0.2) is 4.98 Å². The van der Waals surface area contributed by atoms with E-state index in [2.05, 4.69) is 15.6 Å². The molecule has 2 N–H and O–H groups in total. The summed E-state index contributed by atoms with van der Waals surface area (Å²) in [6.45, 7) is 6.74. The summed E-state index contributed by atoms with van der Waals surface area (Å²) in [5.74, 6) is -0.422. The summed E-state index contributed by atoms with van der Waals surface area (Å²) in [7, 11) is 1.62. The molecule has 2 aromatic rings. The van der Waals surface area contributed by atoms with Crippen LogP contribution in [0.25, 0.3) is 5.52 Å². The van der Waals surface area contributed by atoms with Gasteiger partial charge in [0, 0.05) is 32.0 Å². The molecule has 0 fully saturated rings. The molecular weight excluding hydrogens is 308 g/mol. The van der Waals surface area contributed by atoms with E-state index in [-0.39, 0.29) is 28.9 Å². The van der Waals surface area contributed by atoms with Crippen LogP contribution in [-0.4, -0.2) is 47.0 Å². The number of rotatable bonds is 6. The molecule has 0 aliphatic carbocycles. The third-order valence-corrected chi connectivity index (χ3v) is 3.27. The van der Waals surface area contributed by atoms with Gasteiger partial charge in [-0.1, -0.05) is 6.07 Å². The van der Waals surface area contributed by atoms with Crippen LogP contribution in [0.15, 0.2) is 24.4 Å². The maximum Gasteiger partial charge on any atom is 0.287 e. The van der Waals surface area contributed by atoms with Crippen LogP contribution < -0.4 is 10.6 Å². The van der Waals surface area contributed by atoms with Crippen molar-refractivity contribution in [3.8, 4) is 0 Å². The van der Waals surface area contributed by atoms with E-state index in [1.807, 2.05) is 26.8 Å². The molecule has 0 spiro atoms. The van der Waals surface area contributed by atoms with Crippen molar-refractivity contribution in [3.05, 3.63) is 35.9 Å². The van der Waals surface area contributed by atoms with Crippen LogP contribution in [0.3, 0.4) is 0 Å². The summed E-state index contributed by atoms with van der Waals surface area (Å²) in [5.41, 5.74) is 0.457. The van der Waals surface area contributed by atoms with Crippen LogP contribution >= 0.6 is 0 Å². The first kappa shape index (κ1) is 17.9. The lowest BCUT2D eigenvalue weighted by atomic mass is 10.1. The normalized spacial score (nSPS) is 11.5. The number of hydrogen-bond acceptors (Lipinski definition) is 4. The molecule has 0 saturated carbocycles. The number of hydrogen-bond donors (Lipinski definition) is 2. The second-order valence-corrected chi connectivity index (χ2v) is 6.55. The molecule has 2 heterocycles. The topological polar surface area (TPSA) is 84.7 Å². The van der Waals surface area contributed by atoms with Gasteiger partial charge in [0.05, 0.1) is 5.52 Å². The molecule has 7 nitrogen and oxygen atoms in total. The van der Waals surface area contributed by atoms with E-state index < -0.39 is 0 Å². The lowest BCUT2D eigenvalue weighted by Crippen LogP contribution is -2.40. The second-order valence-electron chi connectivity index (χ2n) is 6.55. The lowest BCUT2D eigenvalue weighted by molar-refractivity contribution is 0.0916. The van der Waals surface area contributed by atoms with Crippen molar-refractivity contribution in [1.29, 1.82) is 0 Å². The van der Waals surface area contributed by atoms with Crippen LogP contribution in [0.2, 0.25) is 0 Å². The monoisotopic (exact) mass is 332 g/mol. The van der Waals surface area contributed by atoms with Crippen molar-refractivity contribution in [2.24, 2.45) is 0 Å². The number of pyridine rings is 1. The molecule has 0 bridgehead atoms. The molecule has 24 heavy (non-hydrogen) atoms. The fourth-order valence-electron chi connectivity index (χ4n) is 2.26. The quantitative estimate of drug-likeness (QED) is 0.788. The molecule has 7 heteroatoms. The summed E-state index contributed by atoms with van der Waals surface area (Å²) < 4.78 is 6.58. The van der Waals surface area contributed by atoms with E-state index in [1.165, 1.54) is 0 Å². The van der Waals surface area contributed by atoms with Crippen molar-refractivity contribution in [2.75, 3.05) is 20.3 Å². The number of methoxy groups -OCH3 is 1. The Morgan fingerprint density at radius 2 is 2.00 bits per heavy atom. The van der Waals surface area contributed by atoms with Crippen molar-refractivity contribution in [1.82, 2.24) is 20.0 Å². The first-order valence-electron chi connectivity index (χ1n) is 7.90. The van der Waals surface area contributed by atoms with Crippen LogP contribution in [0.5, 0.6) is 0 Å². The Hall–Kier alpha value is -2.41. The van der Waals surface area contributed by atoms with Crippen LogP contribution in [0, 0.1) is 0 Å². The molecule has 0 saturated heterocycles. The lowest BCUT2D eigenvalue weighted by Gasteiger charge is -2.19. The number of ether oxygens (including phenoxy) is 1. The van der Waals surface area contributed by atoms with E-state index in [0.717, 1.165) is 0 Å². The standard InChI is InChI=1S/C17H24N4O3/c1-17(2,3)20-15(22)13-12-8-5-6-10-21(12)14(19-13)16(23)18-9-7-11-24-4/h5-6,8,10H,7,9,11H2,1-4H3,(H,18,23)(H,20,22). The first-order chi connectivity index (χ1) is 11.3. The van der Waals surface area contributed by atoms with Crippen LogP contribution in [0.4, 0.5) is 0 Å². The largest absolute Gasteiger partial charge is 0.385 e. The Bertz CT molecular complexity index is 731. The van der Waals surface area contributed by atoms with E-state index in [4.69, 9.17) is 4.74 Å². The Labute approximate surface area is 141 Å². The van der Waals surface area contributed by atoms with Gasteiger partial charge in [0.25, 0.3) is 11.8 Å². The highest BCUT2D eigenvalue weighted by Crippen LogP contribution is 2.14. The number of nitrogens with one attached hydrogen (secondary N) is 2. The summed E-state index contributed by atoms with van der Waals surface area (Å²) in [4.78, 5) is 29.1. The van der Waals surface area contributed by atoms with E-state index in [0.29, 0.717) is 25.1 Å². The zero-order valence-electron chi connectivity index (χ0n) is 14.5. The second kappa shape index (κ2) is 7.44. The Kier molecular flexibility index (Phi) is 5.56. The van der Waals surface area contributed by atoms with E-state index in [1.54, 1.807) is 29.8 Å². The molecule has 2 rings (SSSR count). The number of carbonyl (C=O) groups excluding carboxylic acids is 2. The maximum absolute atomic E-state index is 12.5. The van der Waals surface area contributed by atoms with Crippen molar-refractivity contribution < 1.29 is 14.3 Å². The predicted octanol–water partition coefficient (Wildman–Crippen LogP) is 1.63. The Morgan fingerprint density at radius 3 is 2.67 bits per heavy atom. The molecule has 0 aliphatic heterocycles. The van der Waals surface area contributed by atoms with Crippen molar-refractivity contribution in [2.45, 2.75) is 32.7 Å². The van der Waals surface area contributed by atoms with E-state index >= 15 is 0 Å². The van der Waals surface area contributed by atoms with Crippen LogP contribution in [0.1, 0.15) is 48.3 Å². The summed E-state index contributed by atoms with van der Waals surface area (Å²) >= 11 is 0. The third kappa shape index (κ3) is 4.32. The van der Waals surface area contributed by atoms with Gasteiger partial charge in [-0.15, -0.1) is 0 Å². The predicted molar refractivity (Wildman–Crippen MR) is 91.2 cm³/mol. The van der Waals surface area contributed by atoms with Gasteiger partial charge in [0.2, 0.25) is 5.82 Å². The van der Waals surface area contributed by atoms with Gasteiger partial charge in [-0.3, -0.25) is 14.0 Å². The summed E-state index contributed by atoms with van der Waals surface area (Å²) in [6.07, 6.45) is 2.43. The fraction of sp³-hybridized carbons (Fsp3) is 0.471. The smallest absolute Gasteiger partial charge is 0.287 e. The van der Waals surface area contributed by atoms with Crippen LogP contribution in [-0.2, 0) is 4.74 Å². The van der Waals surface area contributed by atoms with E-state index in [9.17, 15) is 9.59 Å². The fourth-order valence-corrected chi connectivity index (χ4v) is 2.26. The molecule has 0 atom stereocenters. The van der Waals surface area contributed by atoms with Gasteiger partial charge in [-0.2, -0.15) is 0 Å². The minimum atomic E-state index is -0.385. The summed E-state index contributed by atoms with van der Waals surface area (Å²) in [6, 6.07) is 5.37. The first-order valence-corrected chi connectivity index (χ1v) is 7.90. The average molecular weight is 332 g/mol. The number of amides is 2. The molecule has 130 valence electrons. The molecule has 0 unspecified atom stereocenters. The average Bonchev–Trinajstić information content (AvgIpc) is 2.89. The third-order valence-electron chi connectivity index (χ3n) is 3.27. The van der Waals surface area contributed by atoms with Gasteiger partial charge in [-0.05, 0) is 39.3 Å². The highest BCUT2D eigenvalue weighted by Gasteiger charge is 2.23. The van der Waals surface area contributed by atoms with Gasteiger partial charge < -0.3 is 15.4 Å². The molecule has 2 amide bonds. The molecule has 0 aliphatic rings. The Morgan fingerprint density at radius 1 is 1.25 bits per heavy atom. The number of aromatic nitrogens is 2. The molecule has 0 radical (unpaired) electrons. The number of fused-ring (bicyclic) bond motifs is 1. The number of nitrogens with zero attached hydrogens (tertiary/aromatic N) is 2. The van der Waals surface area contributed by atoms with Crippen molar-refractivity contribution >= 4 is 17.3 Å². The number of carbonyl (C=O) groups is 2. The van der Waals surface area contributed by atoms with Gasteiger partial charge in [0.1, 0.15) is 0 Å². The maximum atomic E-state index is 12.5. The zero-order chi connectivity index (χ0) is 17.7. The van der Waals surface area contributed by atoms with Gasteiger partial charge >= 0.3 is 0 Å². The molecular formula is C17H24N4O3. The highest BCUT2D eigenvalue weighted by atomic mass is 16.5. The van der Waals surface area contributed by atoms with Crippen molar-refractivity contribution in [3.63, 3.8) is 0 Å². The summed E-state index contributed by atoms with van der Waals surface area (Å²) in [5, 5.41) is 5.67. The highest BCUT2D eigenvalue weighted by molar-refractivity contribution is 6.02. The minimum absolute atomic E-state index is 0.196.